The van der Waals surface area contributed by atoms with Gasteiger partial charge < -0.3 is 10.2 Å². The maximum absolute atomic E-state index is 12.1. The molecule has 1 N–H and O–H groups in total. The zero-order valence-corrected chi connectivity index (χ0v) is 13.4. The topological polar surface area (TPSA) is 86.1 Å². The van der Waals surface area contributed by atoms with Gasteiger partial charge in [0.25, 0.3) is 0 Å². The van der Waals surface area contributed by atoms with E-state index in [1.807, 2.05) is 18.2 Å². The Labute approximate surface area is 140 Å². The molecule has 1 heterocycles. The van der Waals surface area contributed by atoms with Crippen molar-refractivity contribution in [1.29, 1.82) is 5.26 Å². The van der Waals surface area contributed by atoms with Crippen LogP contribution in [0, 0.1) is 11.3 Å². The van der Waals surface area contributed by atoms with Crippen molar-refractivity contribution in [2.24, 2.45) is 0 Å². The third-order valence-corrected chi connectivity index (χ3v) is 3.50. The highest BCUT2D eigenvalue weighted by molar-refractivity contribution is 6.03. The van der Waals surface area contributed by atoms with Crippen molar-refractivity contribution in [2.75, 3.05) is 18.9 Å². The van der Waals surface area contributed by atoms with Crippen molar-refractivity contribution in [3.63, 3.8) is 0 Å². The second kappa shape index (κ2) is 8.44. The highest BCUT2D eigenvalue weighted by Gasteiger charge is 2.14. The van der Waals surface area contributed by atoms with E-state index in [2.05, 4.69) is 10.3 Å². The normalized spacial score (nSPS) is 9.83. The lowest BCUT2D eigenvalue weighted by molar-refractivity contribution is -0.133. The summed E-state index contributed by atoms with van der Waals surface area (Å²) in [5, 5.41) is 11.5. The van der Waals surface area contributed by atoms with Crippen molar-refractivity contribution in [1.82, 2.24) is 9.88 Å². The number of nitrogens with zero attached hydrogens (tertiary/aromatic N) is 3. The average Bonchev–Trinajstić information content (AvgIpc) is 2.60. The molecule has 2 rings (SSSR count). The molecule has 1 aromatic carbocycles. The molecule has 0 bridgehead atoms. The van der Waals surface area contributed by atoms with E-state index in [1.165, 1.54) is 4.90 Å². The Kier molecular flexibility index (Phi) is 6.03. The summed E-state index contributed by atoms with van der Waals surface area (Å²) in [5.41, 5.74) is 2.04. The molecule has 0 atom stereocenters. The maximum atomic E-state index is 12.1. The molecule has 122 valence electrons. The van der Waals surface area contributed by atoms with Gasteiger partial charge in [0, 0.05) is 31.7 Å². The number of rotatable bonds is 6. The summed E-state index contributed by atoms with van der Waals surface area (Å²) >= 11 is 0. The molecule has 6 heteroatoms. The molecule has 0 unspecified atom stereocenters. The molecule has 1 aromatic heterocycles. The number of benzene rings is 1. The van der Waals surface area contributed by atoms with Gasteiger partial charge in [0.15, 0.2) is 0 Å². The first-order valence-corrected chi connectivity index (χ1v) is 7.51. The van der Waals surface area contributed by atoms with Crippen molar-refractivity contribution in [3.8, 4) is 6.07 Å². The van der Waals surface area contributed by atoms with Gasteiger partial charge in [-0.25, -0.2) is 0 Å². The molecular weight excluding hydrogens is 304 g/mol. The van der Waals surface area contributed by atoms with Gasteiger partial charge in [-0.2, -0.15) is 5.26 Å². The average molecular weight is 322 g/mol. The predicted molar refractivity (Wildman–Crippen MR) is 90.0 cm³/mol. The minimum atomic E-state index is -0.397. The number of carbonyl (C=O) groups is 2. The number of hydrogen-bond acceptors (Lipinski definition) is 4. The molecule has 24 heavy (non-hydrogen) atoms. The molecule has 0 spiro atoms. The number of pyridine rings is 1. The SMILES string of the molecule is CN(CCc1ccncc1)C(=O)CC(=O)Nc1cccc(C#N)c1. The highest BCUT2D eigenvalue weighted by Crippen LogP contribution is 2.10. The smallest absolute Gasteiger partial charge is 0.233 e. The van der Waals surface area contributed by atoms with Gasteiger partial charge in [-0.3, -0.25) is 14.6 Å². The molecule has 2 aromatic rings. The minimum absolute atomic E-state index is 0.233. The zero-order valence-electron chi connectivity index (χ0n) is 13.4. The fourth-order valence-corrected chi connectivity index (χ4v) is 2.11. The summed E-state index contributed by atoms with van der Waals surface area (Å²) in [6, 6.07) is 12.4. The van der Waals surface area contributed by atoms with Crippen molar-refractivity contribution in [3.05, 3.63) is 59.9 Å². The fourth-order valence-electron chi connectivity index (χ4n) is 2.11. The highest BCUT2D eigenvalue weighted by atomic mass is 16.2. The first-order valence-electron chi connectivity index (χ1n) is 7.51. The lowest BCUT2D eigenvalue weighted by atomic mass is 10.2. The summed E-state index contributed by atoms with van der Waals surface area (Å²) in [5.74, 6) is -0.649. The Hall–Kier alpha value is -3.20. The van der Waals surface area contributed by atoms with E-state index in [4.69, 9.17) is 5.26 Å². The van der Waals surface area contributed by atoms with Crippen LogP contribution in [0.5, 0.6) is 0 Å². The number of anilines is 1. The molecule has 0 saturated carbocycles. The number of likely N-dealkylation sites (N-methyl/N-ethyl adjacent to an activating group) is 1. The third kappa shape index (κ3) is 5.21. The minimum Gasteiger partial charge on any atom is -0.345 e. The Balaban J connectivity index is 1.82. The third-order valence-electron chi connectivity index (χ3n) is 3.50. The number of carbonyl (C=O) groups excluding carboxylic acids is 2. The van der Waals surface area contributed by atoms with E-state index >= 15 is 0 Å². The lowest BCUT2D eigenvalue weighted by Gasteiger charge is -2.17. The number of amides is 2. The van der Waals surface area contributed by atoms with Crippen LogP contribution in [0.2, 0.25) is 0 Å². The Morgan fingerprint density at radius 2 is 2.00 bits per heavy atom. The first-order chi connectivity index (χ1) is 11.6. The largest absolute Gasteiger partial charge is 0.345 e. The van der Waals surface area contributed by atoms with Gasteiger partial charge in [0.1, 0.15) is 6.42 Å². The van der Waals surface area contributed by atoms with E-state index < -0.39 is 5.91 Å². The second-order valence-corrected chi connectivity index (χ2v) is 5.34. The summed E-state index contributed by atoms with van der Waals surface area (Å²) in [4.78, 5) is 29.5. The Morgan fingerprint density at radius 3 is 2.71 bits per heavy atom. The molecule has 0 saturated heterocycles. The molecule has 0 aliphatic rings. The maximum Gasteiger partial charge on any atom is 0.233 e. The lowest BCUT2D eigenvalue weighted by Crippen LogP contribution is -2.32. The van der Waals surface area contributed by atoms with Crippen LogP contribution < -0.4 is 5.32 Å². The number of aromatic nitrogens is 1. The molecule has 0 fully saturated rings. The van der Waals surface area contributed by atoms with Gasteiger partial charge in [-0.1, -0.05) is 6.07 Å². The van der Waals surface area contributed by atoms with E-state index in [0.717, 1.165) is 5.56 Å². The van der Waals surface area contributed by atoms with Gasteiger partial charge in [0.2, 0.25) is 11.8 Å². The van der Waals surface area contributed by atoms with E-state index in [0.29, 0.717) is 24.2 Å². The second-order valence-electron chi connectivity index (χ2n) is 5.34. The van der Waals surface area contributed by atoms with Crippen LogP contribution >= 0.6 is 0 Å². The summed E-state index contributed by atoms with van der Waals surface area (Å²) in [6.07, 6.45) is 3.89. The van der Waals surface area contributed by atoms with E-state index in [9.17, 15) is 9.59 Å². The molecule has 6 nitrogen and oxygen atoms in total. The van der Waals surface area contributed by atoms with Gasteiger partial charge in [-0.15, -0.1) is 0 Å². The quantitative estimate of drug-likeness (QED) is 0.824. The van der Waals surface area contributed by atoms with Gasteiger partial charge in [-0.05, 0) is 42.3 Å². The predicted octanol–water partition coefficient (Wildman–Crippen LogP) is 1.98. The summed E-state index contributed by atoms with van der Waals surface area (Å²) in [6.45, 7) is 0.528. The fraction of sp³-hybridized carbons (Fsp3) is 0.222. The van der Waals surface area contributed by atoms with Crippen LogP contribution in [0.1, 0.15) is 17.5 Å². The van der Waals surface area contributed by atoms with Crippen molar-refractivity contribution >= 4 is 17.5 Å². The molecule has 0 aliphatic heterocycles. The zero-order chi connectivity index (χ0) is 17.4. The van der Waals surface area contributed by atoms with Crippen LogP contribution in [-0.4, -0.2) is 35.3 Å². The van der Waals surface area contributed by atoms with Gasteiger partial charge >= 0.3 is 0 Å². The van der Waals surface area contributed by atoms with Crippen LogP contribution in [-0.2, 0) is 16.0 Å². The molecular formula is C18H18N4O2. The first kappa shape index (κ1) is 17.2. The Bertz CT molecular complexity index is 753. The van der Waals surface area contributed by atoms with E-state index in [1.54, 1.807) is 43.7 Å². The summed E-state index contributed by atoms with van der Waals surface area (Å²) < 4.78 is 0. The number of nitriles is 1. The molecule has 2 amide bonds. The standard InChI is InChI=1S/C18H18N4O2/c1-22(10-7-14-5-8-20-9-6-14)18(24)12-17(23)21-16-4-2-3-15(11-16)13-19/h2-6,8-9,11H,7,10,12H2,1H3,(H,21,23). The van der Waals surface area contributed by atoms with Gasteiger partial charge in [0.05, 0.1) is 11.6 Å². The molecule has 0 radical (unpaired) electrons. The number of nitrogens with one attached hydrogen (secondary N) is 1. The van der Waals surface area contributed by atoms with Crippen LogP contribution in [0.3, 0.4) is 0 Å². The van der Waals surface area contributed by atoms with Crippen LogP contribution in [0.25, 0.3) is 0 Å². The van der Waals surface area contributed by atoms with Crippen LogP contribution in [0.4, 0.5) is 5.69 Å². The van der Waals surface area contributed by atoms with Crippen LogP contribution in [0.15, 0.2) is 48.8 Å². The Morgan fingerprint density at radius 1 is 1.25 bits per heavy atom. The monoisotopic (exact) mass is 322 g/mol. The van der Waals surface area contributed by atoms with Crippen molar-refractivity contribution < 1.29 is 9.59 Å². The summed E-state index contributed by atoms with van der Waals surface area (Å²) in [7, 11) is 1.67. The molecule has 0 aliphatic carbocycles. The number of hydrogen-bond donors (Lipinski definition) is 1. The van der Waals surface area contributed by atoms with E-state index in [-0.39, 0.29) is 12.3 Å². The van der Waals surface area contributed by atoms with Crippen molar-refractivity contribution in [2.45, 2.75) is 12.8 Å².